The molecule has 1 atom stereocenters. The largest absolute Gasteiger partial charge is 0.375 e. The van der Waals surface area contributed by atoms with E-state index in [-0.39, 0.29) is 6.04 Å². The zero-order valence-corrected chi connectivity index (χ0v) is 7.21. The van der Waals surface area contributed by atoms with Crippen LogP contribution in [0.5, 0.6) is 0 Å². The lowest BCUT2D eigenvalue weighted by atomic mass is 9.96. The van der Waals surface area contributed by atoms with Gasteiger partial charge in [-0.25, -0.2) is 0 Å². The van der Waals surface area contributed by atoms with Crippen LogP contribution in [0.1, 0.15) is 22.7 Å². The molecule has 2 heteroatoms. The first-order chi connectivity index (χ1) is 5.79. The number of ether oxygens (including phenoxy) is 1. The lowest BCUT2D eigenvalue weighted by Gasteiger charge is -2.23. The molecule has 0 radical (unpaired) electrons. The Bertz CT molecular complexity index is 296. The van der Waals surface area contributed by atoms with Gasteiger partial charge in [0, 0.05) is 0 Å². The molecule has 12 heavy (non-hydrogen) atoms. The minimum absolute atomic E-state index is 0.0636. The average Bonchev–Trinajstić information content (AvgIpc) is 2.07. The SMILES string of the molecule is Cc1cccc2c1COCC2N. The van der Waals surface area contributed by atoms with Crippen LogP contribution in [0.15, 0.2) is 18.2 Å². The summed E-state index contributed by atoms with van der Waals surface area (Å²) in [5.41, 5.74) is 9.70. The van der Waals surface area contributed by atoms with E-state index in [9.17, 15) is 0 Å². The summed E-state index contributed by atoms with van der Waals surface area (Å²) in [7, 11) is 0. The van der Waals surface area contributed by atoms with Gasteiger partial charge in [0.25, 0.3) is 0 Å². The van der Waals surface area contributed by atoms with Crippen molar-refractivity contribution < 1.29 is 4.74 Å². The zero-order valence-electron chi connectivity index (χ0n) is 7.21. The Morgan fingerprint density at radius 2 is 2.33 bits per heavy atom. The van der Waals surface area contributed by atoms with Crippen LogP contribution in [-0.2, 0) is 11.3 Å². The second kappa shape index (κ2) is 2.88. The van der Waals surface area contributed by atoms with E-state index in [1.165, 1.54) is 16.7 Å². The molecule has 0 fully saturated rings. The molecule has 64 valence electrons. The van der Waals surface area contributed by atoms with E-state index in [0.717, 1.165) is 6.61 Å². The first-order valence-electron chi connectivity index (χ1n) is 4.21. The van der Waals surface area contributed by atoms with Gasteiger partial charge >= 0.3 is 0 Å². The molecule has 2 nitrogen and oxygen atoms in total. The summed E-state index contributed by atoms with van der Waals surface area (Å²) < 4.78 is 5.36. The van der Waals surface area contributed by atoms with Gasteiger partial charge in [-0.2, -0.15) is 0 Å². The topological polar surface area (TPSA) is 35.2 Å². The first-order valence-corrected chi connectivity index (χ1v) is 4.21. The summed E-state index contributed by atoms with van der Waals surface area (Å²) in [5.74, 6) is 0. The minimum atomic E-state index is 0.0636. The maximum Gasteiger partial charge on any atom is 0.0723 e. The number of benzene rings is 1. The predicted octanol–water partition coefficient (Wildman–Crippen LogP) is 1.53. The molecule has 0 bridgehead atoms. The third kappa shape index (κ3) is 1.13. The molecule has 0 spiro atoms. The molecular formula is C10H13NO. The van der Waals surface area contributed by atoms with Crippen molar-refractivity contribution in [1.82, 2.24) is 0 Å². The number of aryl methyl sites for hydroxylation is 1. The third-order valence-electron chi connectivity index (χ3n) is 2.39. The quantitative estimate of drug-likeness (QED) is 0.629. The molecule has 0 amide bonds. The first kappa shape index (κ1) is 7.77. The van der Waals surface area contributed by atoms with Crippen LogP contribution < -0.4 is 5.73 Å². The maximum atomic E-state index is 5.89. The van der Waals surface area contributed by atoms with Crippen molar-refractivity contribution in [3.05, 3.63) is 34.9 Å². The molecule has 1 unspecified atom stereocenters. The average molecular weight is 163 g/mol. The Morgan fingerprint density at radius 3 is 3.08 bits per heavy atom. The molecule has 0 saturated carbocycles. The van der Waals surface area contributed by atoms with Crippen molar-refractivity contribution in [3.8, 4) is 0 Å². The Kier molecular flexibility index (Phi) is 1.87. The van der Waals surface area contributed by atoms with Crippen LogP contribution in [0.3, 0.4) is 0 Å². The monoisotopic (exact) mass is 163 g/mol. The molecule has 1 aromatic rings. The van der Waals surface area contributed by atoms with Crippen molar-refractivity contribution in [2.45, 2.75) is 19.6 Å². The molecule has 0 aromatic heterocycles. The number of nitrogens with two attached hydrogens (primary N) is 1. The van der Waals surface area contributed by atoms with Gasteiger partial charge in [-0.3, -0.25) is 0 Å². The highest BCUT2D eigenvalue weighted by Crippen LogP contribution is 2.25. The molecule has 0 aliphatic carbocycles. The predicted molar refractivity (Wildman–Crippen MR) is 47.8 cm³/mol. The van der Waals surface area contributed by atoms with E-state index in [2.05, 4.69) is 25.1 Å². The van der Waals surface area contributed by atoms with Crippen molar-refractivity contribution in [2.75, 3.05) is 6.61 Å². The number of hydrogen-bond acceptors (Lipinski definition) is 2. The standard InChI is InChI=1S/C10H13NO/c1-7-3-2-4-8-9(7)5-12-6-10(8)11/h2-4,10H,5-6,11H2,1H3. The van der Waals surface area contributed by atoms with Crippen LogP contribution in [0, 0.1) is 6.92 Å². The Labute approximate surface area is 72.3 Å². The second-order valence-corrected chi connectivity index (χ2v) is 3.26. The molecule has 2 rings (SSSR count). The fourth-order valence-corrected chi connectivity index (χ4v) is 1.65. The van der Waals surface area contributed by atoms with E-state index in [0.29, 0.717) is 6.61 Å². The second-order valence-electron chi connectivity index (χ2n) is 3.26. The van der Waals surface area contributed by atoms with Crippen LogP contribution >= 0.6 is 0 Å². The van der Waals surface area contributed by atoms with Crippen molar-refractivity contribution in [3.63, 3.8) is 0 Å². The summed E-state index contributed by atoms with van der Waals surface area (Å²) in [6, 6.07) is 6.31. The lowest BCUT2D eigenvalue weighted by Crippen LogP contribution is -2.24. The molecule has 2 N–H and O–H groups in total. The summed E-state index contributed by atoms with van der Waals surface area (Å²) >= 11 is 0. The van der Waals surface area contributed by atoms with Gasteiger partial charge in [-0.05, 0) is 23.6 Å². The summed E-state index contributed by atoms with van der Waals surface area (Å²) in [4.78, 5) is 0. The smallest absolute Gasteiger partial charge is 0.0723 e. The maximum absolute atomic E-state index is 5.89. The van der Waals surface area contributed by atoms with Crippen LogP contribution in [0.2, 0.25) is 0 Å². The van der Waals surface area contributed by atoms with E-state index < -0.39 is 0 Å². The fraction of sp³-hybridized carbons (Fsp3) is 0.400. The van der Waals surface area contributed by atoms with E-state index in [1.807, 2.05) is 0 Å². The molecule has 1 heterocycles. The number of hydrogen-bond donors (Lipinski definition) is 1. The van der Waals surface area contributed by atoms with Gasteiger partial charge < -0.3 is 10.5 Å². The highest BCUT2D eigenvalue weighted by Gasteiger charge is 2.17. The minimum Gasteiger partial charge on any atom is -0.375 e. The van der Waals surface area contributed by atoms with Crippen molar-refractivity contribution in [1.29, 1.82) is 0 Å². The normalized spacial score (nSPS) is 22.0. The Morgan fingerprint density at radius 1 is 1.50 bits per heavy atom. The van der Waals surface area contributed by atoms with Crippen LogP contribution in [0.4, 0.5) is 0 Å². The highest BCUT2D eigenvalue weighted by atomic mass is 16.5. The third-order valence-corrected chi connectivity index (χ3v) is 2.39. The van der Waals surface area contributed by atoms with Crippen LogP contribution in [-0.4, -0.2) is 6.61 Å². The molecular weight excluding hydrogens is 150 g/mol. The molecule has 1 aromatic carbocycles. The van der Waals surface area contributed by atoms with Gasteiger partial charge in [-0.1, -0.05) is 18.2 Å². The Balaban J connectivity index is 2.52. The van der Waals surface area contributed by atoms with E-state index >= 15 is 0 Å². The van der Waals surface area contributed by atoms with Gasteiger partial charge in [0.1, 0.15) is 0 Å². The summed E-state index contributed by atoms with van der Waals surface area (Å²) in [6.07, 6.45) is 0. The number of fused-ring (bicyclic) bond motifs is 1. The van der Waals surface area contributed by atoms with Crippen molar-refractivity contribution in [2.24, 2.45) is 5.73 Å². The van der Waals surface area contributed by atoms with E-state index in [4.69, 9.17) is 10.5 Å². The van der Waals surface area contributed by atoms with Gasteiger partial charge in [0.05, 0.1) is 19.3 Å². The summed E-state index contributed by atoms with van der Waals surface area (Å²) in [5, 5.41) is 0. The van der Waals surface area contributed by atoms with Gasteiger partial charge in [0.15, 0.2) is 0 Å². The van der Waals surface area contributed by atoms with Gasteiger partial charge in [-0.15, -0.1) is 0 Å². The Hall–Kier alpha value is -0.860. The van der Waals surface area contributed by atoms with Crippen LogP contribution in [0.25, 0.3) is 0 Å². The van der Waals surface area contributed by atoms with Gasteiger partial charge in [0.2, 0.25) is 0 Å². The lowest BCUT2D eigenvalue weighted by molar-refractivity contribution is 0.0919. The summed E-state index contributed by atoms with van der Waals surface area (Å²) in [6.45, 7) is 3.46. The zero-order chi connectivity index (χ0) is 8.55. The van der Waals surface area contributed by atoms with Crippen molar-refractivity contribution >= 4 is 0 Å². The number of rotatable bonds is 0. The van der Waals surface area contributed by atoms with E-state index in [1.54, 1.807) is 0 Å². The molecule has 1 aliphatic rings. The molecule has 1 aliphatic heterocycles. The fourth-order valence-electron chi connectivity index (χ4n) is 1.65. The highest BCUT2D eigenvalue weighted by molar-refractivity contribution is 5.37. The molecule has 0 saturated heterocycles.